The Kier molecular flexibility index (Phi) is 3.51. The highest BCUT2D eigenvalue weighted by Gasteiger charge is 2.35. The molecule has 0 unspecified atom stereocenters. The van der Waals surface area contributed by atoms with E-state index in [1.807, 2.05) is 11.9 Å². The van der Waals surface area contributed by atoms with Crippen molar-refractivity contribution >= 4 is 28.2 Å². The molecular weight excluding hydrogens is 286 g/mol. The Morgan fingerprint density at radius 1 is 1.19 bits per heavy atom. The molecule has 0 aromatic carbocycles. The van der Waals surface area contributed by atoms with Gasteiger partial charge in [-0.25, -0.2) is 4.98 Å². The SMILES string of the molecule is CN1CCCN(c2nc3c(s2)C(=O)CC(C)(C)C3)CC1=O. The molecule has 1 amide bonds. The summed E-state index contributed by atoms with van der Waals surface area (Å²) in [7, 11) is 1.84. The average Bonchev–Trinajstić information content (AvgIpc) is 2.71. The van der Waals surface area contributed by atoms with E-state index in [9.17, 15) is 9.59 Å². The van der Waals surface area contributed by atoms with E-state index in [1.54, 1.807) is 4.90 Å². The summed E-state index contributed by atoms with van der Waals surface area (Å²) in [5.41, 5.74) is 0.908. The second-order valence-corrected chi connectivity index (χ2v) is 7.78. The number of ketones is 1. The van der Waals surface area contributed by atoms with Crippen LogP contribution in [-0.4, -0.2) is 48.3 Å². The molecule has 1 aromatic heterocycles. The maximum Gasteiger partial charge on any atom is 0.241 e. The lowest BCUT2D eigenvalue weighted by Crippen LogP contribution is -2.34. The number of aromatic nitrogens is 1. The molecule has 0 spiro atoms. The van der Waals surface area contributed by atoms with Gasteiger partial charge in [0.05, 0.1) is 17.1 Å². The monoisotopic (exact) mass is 307 g/mol. The predicted molar refractivity (Wildman–Crippen MR) is 83.0 cm³/mol. The summed E-state index contributed by atoms with van der Waals surface area (Å²) in [5, 5.41) is 0.828. The summed E-state index contributed by atoms with van der Waals surface area (Å²) < 4.78 is 0. The minimum atomic E-state index is -0.00967. The molecule has 1 fully saturated rings. The minimum Gasteiger partial charge on any atom is -0.344 e. The number of hydrogen-bond acceptors (Lipinski definition) is 5. The van der Waals surface area contributed by atoms with Crippen LogP contribution in [0.1, 0.15) is 42.1 Å². The molecule has 1 aliphatic carbocycles. The van der Waals surface area contributed by atoms with Crippen molar-refractivity contribution in [1.29, 1.82) is 0 Å². The van der Waals surface area contributed by atoms with Gasteiger partial charge in [-0.05, 0) is 18.3 Å². The smallest absolute Gasteiger partial charge is 0.241 e. The van der Waals surface area contributed by atoms with Crippen molar-refractivity contribution in [3.8, 4) is 0 Å². The number of fused-ring (bicyclic) bond motifs is 1. The number of carbonyl (C=O) groups is 2. The van der Waals surface area contributed by atoms with Crippen LogP contribution in [-0.2, 0) is 11.2 Å². The van der Waals surface area contributed by atoms with Crippen molar-refractivity contribution in [2.75, 3.05) is 31.6 Å². The zero-order valence-corrected chi connectivity index (χ0v) is 13.6. The Morgan fingerprint density at radius 2 is 1.95 bits per heavy atom. The van der Waals surface area contributed by atoms with Gasteiger partial charge in [-0.15, -0.1) is 0 Å². The lowest BCUT2D eigenvalue weighted by Gasteiger charge is -2.26. The standard InChI is InChI=1S/C15H21N3O2S/c1-15(2)7-10-13(11(19)8-15)21-14(16-10)18-6-4-5-17(3)12(20)9-18/h4-9H2,1-3H3. The van der Waals surface area contributed by atoms with Gasteiger partial charge in [0.15, 0.2) is 10.9 Å². The number of anilines is 1. The van der Waals surface area contributed by atoms with Crippen LogP contribution in [0.25, 0.3) is 0 Å². The Hall–Kier alpha value is -1.43. The molecule has 6 heteroatoms. The van der Waals surface area contributed by atoms with Gasteiger partial charge < -0.3 is 9.80 Å². The molecular formula is C15H21N3O2S. The molecule has 0 radical (unpaired) electrons. The van der Waals surface area contributed by atoms with Crippen LogP contribution in [0.2, 0.25) is 0 Å². The Balaban J connectivity index is 1.88. The molecule has 114 valence electrons. The summed E-state index contributed by atoms with van der Waals surface area (Å²) in [6, 6.07) is 0. The molecule has 1 aromatic rings. The largest absolute Gasteiger partial charge is 0.344 e. The first-order chi connectivity index (χ1) is 9.85. The van der Waals surface area contributed by atoms with Crippen LogP contribution >= 0.6 is 11.3 Å². The molecule has 0 atom stereocenters. The summed E-state index contributed by atoms with van der Waals surface area (Å²) in [6.07, 6.45) is 2.36. The molecule has 1 saturated heterocycles. The Morgan fingerprint density at radius 3 is 2.71 bits per heavy atom. The molecule has 1 aliphatic heterocycles. The van der Waals surface area contributed by atoms with E-state index in [1.165, 1.54) is 11.3 Å². The number of amides is 1. The number of thiazole rings is 1. The maximum atomic E-state index is 12.3. The van der Waals surface area contributed by atoms with Gasteiger partial charge in [0.2, 0.25) is 5.91 Å². The van der Waals surface area contributed by atoms with E-state index in [4.69, 9.17) is 0 Å². The van der Waals surface area contributed by atoms with Crippen molar-refractivity contribution in [2.24, 2.45) is 5.41 Å². The zero-order chi connectivity index (χ0) is 15.2. The Labute approximate surface area is 129 Å². The summed E-state index contributed by atoms with van der Waals surface area (Å²) >= 11 is 1.46. The van der Waals surface area contributed by atoms with Crippen LogP contribution in [0.3, 0.4) is 0 Å². The molecule has 0 N–H and O–H groups in total. The highest BCUT2D eigenvalue weighted by molar-refractivity contribution is 7.17. The fourth-order valence-corrected chi connectivity index (χ4v) is 4.04. The number of hydrogen-bond donors (Lipinski definition) is 0. The van der Waals surface area contributed by atoms with Gasteiger partial charge >= 0.3 is 0 Å². The van der Waals surface area contributed by atoms with Crippen molar-refractivity contribution in [1.82, 2.24) is 9.88 Å². The highest BCUT2D eigenvalue weighted by atomic mass is 32.1. The van der Waals surface area contributed by atoms with E-state index in [2.05, 4.69) is 18.8 Å². The average molecular weight is 307 g/mol. The van der Waals surface area contributed by atoms with Crippen LogP contribution in [0, 0.1) is 5.41 Å². The van der Waals surface area contributed by atoms with E-state index < -0.39 is 0 Å². The molecule has 2 heterocycles. The molecule has 0 bridgehead atoms. The lowest BCUT2D eigenvalue weighted by molar-refractivity contribution is -0.127. The van der Waals surface area contributed by atoms with E-state index in [0.717, 1.165) is 41.6 Å². The lowest BCUT2D eigenvalue weighted by atomic mass is 9.78. The first-order valence-electron chi connectivity index (χ1n) is 7.37. The fourth-order valence-electron chi connectivity index (χ4n) is 2.99. The van der Waals surface area contributed by atoms with E-state index in [-0.39, 0.29) is 17.1 Å². The predicted octanol–water partition coefficient (Wildman–Crippen LogP) is 1.97. The maximum absolute atomic E-state index is 12.3. The number of likely N-dealkylation sites (N-methyl/N-ethyl adjacent to an activating group) is 1. The van der Waals surface area contributed by atoms with Crippen molar-refractivity contribution in [3.63, 3.8) is 0 Å². The van der Waals surface area contributed by atoms with Crippen LogP contribution in [0.5, 0.6) is 0 Å². The molecule has 5 nitrogen and oxygen atoms in total. The topological polar surface area (TPSA) is 53.5 Å². The Bertz CT molecular complexity index is 594. The quantitative estimate of drug-likeness (QED) is 0.796. The third-order valence-corrected chi connectivity index (χ3v) is 5.37. The highest BCUT2D eigenvalue weighted by Crippen LogP contribution is 2.39. The van der Waals surface area contributed by atoms with E-state index >= 15 is 0 Å². The van der Waals surface area contributed by atoms with Gasteiger partial charge in [-0.1, -0.05) is 25.2 Å². The van der Waals surface area contributed by atoms with E-state index in [0.29, 0.717) is 13.0 Å². The van der Waals surface area contributed by atoms with Gasteiger partial charge in [0.25, 0.3) is 0 Å². The first-order valence-corrected chi connectivity index (χ1v) is 8.19. The molecule has 2 aliphatic rings. The van der Waals surface area contributed by atoms with Crippen molar-refractivity contribution in [3.05, 3.63) is 10.6 Å². The molecule has 3 rings (SSSR count). The normalized spacial score (nSPS) is 22.2. The summed E-state index contributed by atoms with van der Waals surface area (Å²) in [6.45, 7) is 6.18. The number of nitrogens with zero attached hydrogens (tertiary/aromatic N) is 3. The summed E-state index contributed by atoms with van der Waals surface area (Å²) in [5.74, 6) is 0.315. The fraction of sp³-hybridized carbons (Fsp3) is 0.667. The molecule has 21 heavy (non-hydrogen) atoms. The van der Waals surface area contributed by atoms with Crippen LogP contribution in [0.4, 0.5) is 5.13 Å². The van der Waals surface area contributed by atoms with Gasteiger partial charge in [-0.3, -0.25) is 9.59 Å². The second-order valence-electron chi connectivity index (χ2n) is 6.80. The van der Waals surface area contributed by atoms with Crippen molar-refractivity contribution < 1.29 is 9.59 Å². The van der Waals surface area contributed by atoms with Crippen molar-refractivity contribution in [2.45, 2.75) is 33.1 Å². The third kappa shape index (κ3) is 2.81. The summed E-state index contributed by atoms with van der Waals surface area (Å²) in [4.78, 5) is 33.5. The molecule has 0 saturated carbocycles. The first kappa shape index (κ1) is 14.5. The number of Topliss-reactive ketones (excluding diaryl/α,β-unsaturated/α-hetero) is 1. The van der Waals surface area contributed by atoms with Gasteiger partial charge in [0, 0.05) is 26.6 Å². The minimum absolute atomic E-state index is 0.00967. The number of carbonyl (C=O) groups excluding carboxylic acids is 2. The zero-order valence-electron chi connectivity index (χ0n) is 12.8. The number of rotatable bonds is 1. The van der Waals surface area contributed by atoms with Crippen LogP contribution < -0.4 is 4.90 Å². The third-order valence-electron chi connectivity index (χ3n) is 4.17. The van der Waals surface area contributed by atoms with Gasteiger partial charge in [0.1, 0.15) is 0 Å². The van der Waals surface area contributed by atoms with Gasteiger partial charge in [-0.2, -0.15) is 0 Å². The van der Waals surface area contributed by atoms with Crippen LogP contribution in [0.15, 0.2) is 0 Å². The second kappa shape index (κ2) is 5.09.